The minimum Gasteiger partial charge on any atom is -0.492 e. The molecule has 0 N–H and O–H groups in total. The number of hydrogen-bond donors (Lipinski definition) is 0. The molecular weight excluding hydrogens is 801 g/mol. The molecule has 0 bridgehead atoms. The normalized spacial score (nSPS) is 10.7. The molecule has 0 aliphatic rings. The van der Waals surface area contributed by atoms with Gasteiger partial charge < -0.3 is 18.9 Å². The molecule has 0 fully saturated rings. The van der Waals surface area contributed by atoms with Gasteiger partial charge in [0.15, 0.2) is 0 Å². The zero-order chi connectivity index (χ0) is 45.8. The van der Waals surface area contributed by atoms with Crippen molar-refractivity contribution in [3.8, 4) is 81.6 Å². The van der Waals surface area contributed by atoms with Gasteiger partial charge in [-0.2, -0.15) is 0 Å². The maximum absolute atomic E-state index is 6.42. The molecule has 4 rings (SSSR count). The lowest BCUT2D eigenvalue weighted by Crippen LogP contribution is -2.16. The molecule has 0 unspecified atom stereocenters. The van der Waals surface area contributed by atoms with Gasteiger partial charge in [-0.1, -0.05) is 184 Å². The third-order valence-corrected chi connectivity index (χ3v) is 11.6. The van der Waals surface area contributed by atoms with Gasteiger partial charge in [-0.3, -0.25) is 0 Å². The highest BCUT2D eigenvalue weighted by molar-refractivity contribution is 6.83. The van der Waals surface area contributed by atoms with E-state index in [2.05, 4.69) is 143 Å². The highest BCUT2D eigenvalue weighted by Crippen LogP contribution is 2.31. The Balaban J connectivity index is 1.56. The van der Waals surface area contributed by atoms with Crippen molar-refractivity contribution in [2.45, 2.75) is 150 Å². The smallest absolute Gasteiger partial charge is 0.136 e. The van der Waals surface area contributed by atoms with Crippen LogP contribution in [0.25, 0.3) is 11.1 Å². The van der Waals surface area contributed by atoms with E-state index in [9.17, 15) is 0 Å². The van der Waals surface area contributed by atoms with Crippen LogP contribution in [0.15, 0.2) is 72.8 Å². The standard InChI is InChI=1S/C59H74O4Si/c1-9-14-18-22-39-60-56-45-53(57(44-50(56)13-5)61-40-23-19-15-10-2)36-30-48-26-32-51(33-27-48)52-34-28-49(29-35-52)31-37-54-46-59(63-42-25-21-17-12-4)55(38-43-64(6,7)8)47-58(54)62-41-24-20-16-11-3/h5,26-29,32-35,44-47H,9-12,14-25,39-42H2,1-4,6-8H3. The molecule has 5 heteroatoms. The molecule has 64 heavy (non-hydrogen) atoms. The lowest BCUT2D eigenvalue weighted by Gasteiger charge is -2.14. The van der Waals surface area contributed by atoms with Crippen molar-refractivity contribution in [1.82, 2.24) is 0 Å². The van der Waals surface area contributed by atoms with E-state index in [4.69, 9.17) is 25.4 Å². The van der Waals surface area contributed by atoms with E-state index in [1.54, 1.807) is 0 Å². The van der Waals surface area contributed by atoms with Gasteiger partial charge in [0.05, 0.1) is 48.7 Å². The molecule has 0 aliphatic carbocycles. The second-order valence-electron chi connectivity index (χ2n) is 17.6. The molecule has 0 amide bonds. The van der Waals surface area contributed by atoms with Gasteiger partial charge in [0.1, 0.15) is 31.1 Å². The zero-order valence-electron chi connectivity index (χ0n) is 40.3. The van der Waals surface area contributed by atoms with Gasteiger partial charge in [0.25, 0.3) is 0 Å². The van der Waals surface area contributed by atoms with E-state index in [0.717, 1.165) is 102 Å². The van der Waals surface area contributed by atoms with Crippen LogP contribution in [0.5, 0.6) is 23.0 Å². The fourth-order valence-electron chi connectivity index (χ4n) is 6.87. The summed E-state index contributed by atoms with van der Waals surface area (Å²) in [7, 11) is -1.62. The zero-order valence-corrected chi connectivity index (χ0v) is 41.3. The molecule has 4 aromatic rings. The second-order valence-corrected chi connectivity index (χ2v) is 22.4. The van der Waals surface area contributed by atoms with Crippen LogP contribution in [-0.2, 0) is 0 Å². The Kier molecular flexibility index (Phi) is 23.2. The molecule has 0 spiro atoms. The minimum absolute atomic E-state index is 0.625. The fourth-order valence-corrected chi connectivity index (χ4v) is 7.38. The molecule has 0 heterocycles. The third-order valence-electron chi connectivity index (χ3n) is 10.7. The summed E-state index contributed by atoms with van der Waals surface area (Å²) < 4.78 is 25.3. The van der Waals surface area contributed by atoms with Crippen LogP contribution in [0.3, 0.4) is 0 Å². The SMILES string of the molecule is C#Cc1cc(OCCCCCC)c(C#Cc2ccc(-c3ccc(C#Cc4cc(OCCCCCC)c(C#C[Si](C)(C)C)cc4OCCCCCC)cc3)cc2)cc1OCCCCCC. The van der Waals surface area contributed by atoms with Gasteiger partial charge in [0, 0.05) is 35.4 Å². The molecule has 0 saturated heterocycles. The number of unbranched alkanes of at least 4 members (excludes halogenated alkanes) is 12. The molecule has 0 saturated carbocycles. The van der Waals surface area contributed by atoms with Crippen molar-refractivity contribution in [2.75, 3.05) is 26.4 Å². The summed E-state index contributed by atoms with van der Waals surface area (Å²) in [6.07, 6.45) is 24.1. The number of ether oxygens (including phenoxy) is 4. The van der Waals surface area contributed by atoms with Crippen LogP contribution < -0.4 is 18.9 Å². The first-order valence-electron chi connectivity index (χ1n) is 24.3. The predicted molar refractivity (Wildman–Crippen MR) is 273 cm³/mol. The summed E-state index contributed by atoms with van der Waals surface area (Å²) in [5, 5.41) is 0. The Morgan fingerprint density at radius 1 is 0.391 bits per heavy atom. The maximum atomic E-state index is 6.42. The van der Waals surface area contributed by atoms with Crippen molar-refractivity contribution in [3.05, 3.63) is 106 Å². The van der Waals surface area contributed by atoms with E-state index < -0.39 is 8.07 Å². The lowest BCUT2D eigenvalue weighted by atomic mass is 10.0. The van der Waals surface area contributed by atoms with E-state index in [1.165, 1.54) is 51.4 Å². The van der Waals surface area contributed by atoms with Crippen LogP contribution in [0, 0.1) is 47.5 Å². The third kappa shape index (κ3) is 18.7. The number of rotatable bonds is 25. The lowest BCUT2D eigenvalue weighted by molar-refractivity contribution is 0.295. The highest BCUT2D eigenvalue weighted by atomic mass is 28.3. The molecule has 0 radical (unpaired) electrons. The predicted octanol–water partition coefficient (Wildman–Crippen LogP) is 15.2. The number of benzene rings is 4. The van der Waals surface area contributed by atoms with Gasteiger partial charge in [-0.25, -0.2) is 0 Å². The van der Waals surface area contributed by atoms with Crippen molar-refractivity contribution in [3.63, 3.8) is 0 Å². The topological polar surface area (TPSA) is 36.9 Å². The summed E-state index contributed by atoms with van der Waals surface area (Å²) in [6, 6.07) is 24.7. The average Bonchev–Trinajstić information content (AvgIpc) is 3.30. The molecule has 4 nitrogen and oxygen atoms in total. The molecular formula is C59H74O4Si. The average molecular weight is 875 g/mol. The Morgan fingerprint density at radius 3 is 1.02 bits per heavy atom. The van der Waals surface area contributed by atoms with Gasteiger partial charge in [0.2, 0.25) is 0 Å². The Labute approximate surface area is 389 Å². The van der Waals surface area contributed by atoms with Gasteiger partial charge in [-0.15, -0.1) is 12.0 Å². The van der Waals surface area contributed by atoms with Crippen molar-refractivity contribution >= 4 is 8.07 Å². The Bertz CT molecular complexity index is 2240. The highest BCUT2D eigenvalue weighted by Gasteiger charge is 2.14. The van der Waals surface area contributed by atoms with Crippen molar-refractivity contribution in [2.24, 2.45) is 0 Å². The summed E-state index contributed by atoms with van der Waals surface area (Å²) in [5.41, 5.74) is 10.8. The monoisotopic (exact) mass is 875 g/mol. The minimum atomic E-state index is -1.62. The number of terminal acetylenes is 1. The van der Waals surface area contributed by atoms with E-state index in [-0.39, 0.29) is 0 Å². The van der Waals surface area contributed by atoms with Crippen LogP contribution in [0.4, 0.5) is 0 Å². The molecule has 0 aromatic heterocycles. The molecule has 0 aliphatic heterocycles. The Morgan fingerprint density at radius 2 is 0.703 bits per heavy atom. The quantitative estimate of drug-likeness (QED) is 0.0378. The van der Waals surface area contributed by atoms with Gasteiger partial charge >= 0.3 is 0 Å². The molecule has 4 aromatic carbocycles. The van der Waals surface area contributed by atoms with Crippen molar-refractivity contribution in [1.29, 1.82) is 0 Å². The summed E-state index contributed by atoms with van der Waals surface area (Å²) in [5.74, 6) is 22.8. The summed E-state index contributed by atoms with van der Waals surface area (Å²) in [6.45, 7) is 18.2. The molecule has 0 atom stereocenters. The maximum Gasteiger partial charge on any atom is 0.136 e. The van der Waals surface area contributed by atoms with Crippen molar-refractivity contribution < 1.29 is 18.9 Å². The number of hydrogen-bond acceptors (Lipinski definition) is 4. The summed E-state index contributed by atoms with van der Waals surface area (Å²) in [4.78, 5) is 0. The second kappa shape index (κ2) is 29.1. The van der Waals surface area contributed by atoms with Gasteiger partial charge in [-0.05, 0) is 61.1 Å². The van der Waals surface area contributed by atoms with Crippen LogP contribution >= 0.6 is 0 Å². The van der Waals surface area contributed by atoms with Crippen LogP contribution in [0.2, 0.25) is 19.6 Å². The van der Waals surface area contributed by atoms with Crippen LogP contribution in [-0.4, -0.2) is 34.5 Å². The largest absolute Gasteiger partial charge is 0.492 e. The van der Waals surface area contributed by atoms with E-state index in [0.29, 0.717) is 43.5 Å². The summed E-state index contributed by atoms with van der Waals surface area (Å²) >= 11 is 0. The first-order valence-corrected chi connectivity index (χ1v) is 27.8. The first kappa shape index (κ1) is 51.2. The fraction of sp³-hybridized carbons (Fsp3) is 0.458. The van der Waals surface area contributed by atoms with E-state index in [1.807, 2.05) is 18.2 Å². The van der Waals surface area contributed by atoms with E-state index >= 15 is 0 Å². The first-order chi connectivity index (χ1) is 31.2. The van der Waals surface area contributed by atoms with Crippen LogP contribution in [0.1, 0.15) is 164 Å². The molecule has 338 valence electrons. The Hall–Kier alpha value is -5.46.